The first kappa shape index (κ1) is 14.3. The van der Waals surface area contributed by atoms with Gasteiger partial charge in [-0.1, -0.05) is 0 Å². The van der Waals surface area contributed by atoms with Crippen molar-refractivity contribution in [2.75, 3.05) is 0 Å². The third kappa shape index (κ3) is 3.15. The molecule has 0 aromatic rings. The minimum absolute atomic E-state index is 0. The molecule has 0 N–H and O–H groups in total. The van der Waals surface area contributed by atoms with Crippen LogP contribution in [-0.2, 0) is 21.0 Å². The number of hydrogen-bond acceptors (Lipinski definition) is 0. The Kier molecular flexibility index (Phi) is 6.84. The van der Waals surface area contributed by atoms with Crippen LogP contribution in [0.15, 0.2) is 43.1 Å². The second kappa shape index (κ2) is 6.71. The summed E-state index contributed by atoms with van der Waals surface area (Å²) in [6, 6.07) is 0. The van der Waals surface area contributed by atoms with Crippen LogP contribution in [0.25, 0.3) is 0 Å². The second-order valence-corrected chi connectivity index (χ2v) is 11.2. The molecule has 0 radical (unpaired) electrons. The third-order valence-corrected chi connectivity index (χ3v) is 10.6. The number of rotatable bonds is 2. The molecule has 3 heteroatoms. The topological polar surface area (TPSA) is 0 Å². The normalized spacial score (nSPS) is 16.9. The van der Waals surface area contributed by atoms with E-state index < -0.39 is 21.0 Å². The summed E-state index contributed by atoms with van der Waals surface area (Å²) in [4.78, 5) is 0. The van der Waals surface area contributed by atoms with Crippen LogP contribution in [0.3, 0.4) is 0 Å². The van der Waals surface area contributed by atoms with Gasteiger partial charge in [0.25, 0.3) is 0 Å². The molecule has 14 heavy (non-hydrogen) atoms. The van der Waals surface area contributed by atoms with Crippen LogP contribution >= 0.6 is 24.8 Å². The first-order valence-corrected chi connectivity index (χ1v) is 10.4. The second-order valence-electron chi connectivity index (χ2n) is 3.13. The molecule has 0 unspecified atom stereocenters. The molecule has 0 saturated carbocycles. The van der Waals surface area contributed by atoms with Crippen LogP contribution < -0.4 is 0 Å². The molecule has 0 aromatic heterocycles. The fraction of sp³-hybridized carbons (Fsp3) is 0.182. The number of halogens is 2. The quantitative estimate of drug-likeness (QED) is 0.627. The van der Waals surface area contributed by atoms with E-state index in [-0.39, 0.29) is 24.8 Å². The van der Waals surface area contributed by atoms with E-state index in [9.17, 15) is 0 Å². The molecule has 0 heterocycles. The molecule has 2 aliphatic rings. The molecular weight excluding hydrogens is 382 g/mol. The number of hydrogen-bond donors (Lipinski definition) is 0. The van der Waals surface area contributed by atoms with Gasteiger partial charge in [-0.3, -0.25) is 0 Å². The Morgan fingerprint density at radius 2 is 1.36 bits per heavy atom. The van der Waals surface area contributed by atoms with Gasteiger partial charge >= 0.3 is 81.2 Å². The van der Waals surface area contributed by atoms with E-state index in [0.717, 1.165) is 0 Å². The molecular formula is C11H14Cl2Hf. The fourth-order valence-corrected chi connectivity index (χ4v) is 7.78. The van der Waals surface area contributed by atoms with Crippen molar-refractivity contribution >= 4 is 29.1 Å². The van der Waals surface area contributed by atoms with Gasteiger partial charge in [0.05, 0.1) is 0 Å². The zero-order valence-corrected chi connectivity index (χ0v) is 13.1. The van der Waals surface area contributed by atoms with E-state index >= 15 is 0 Å². The average molecular weight is 396 g/mol. The molecule has 0 aliphatic heterocycles. The summed E-state index contributed by atoms with van der Waals surface area (Å²) in [5.41, 5.74) is 0. The predicted molar refractivity (Wildman–Crippen MR) is 65.3 cm³/mol. The molecule has 0 nitrogen and oxygen atoms in total. The van der Waals surface area contributed by atoms with Gasteiger partial charge in [-0.2, -0.15) is 0 Å². The van der Waals surface area contributed by atoms with Crippen molar-refractivity contribution in [1.82, 2.24) is 0 Å². The van der Waals surface area contributed by atoms with Gasteiger partial charge in [0.15, 0.2) is 0 Å². The van der Waals surface area contributed by atoms with Crippen LogP contribution in [0.4, 0.5) is 0 Å². The van der Waals surface area contributed by atoms with E-state index in [1.807, 2.05) is 0 Å². The van der Waals surface area contributed by atoms with Gasteiger partial charge in [-0.05, 0) is 0 Å². The van der Waals surface area contributed by atoms with Gasteiger partial charge in [-0.25, -0.2) is 0 Å². The Balaban J connectivity index is 0.000000845. The van der Waals surface area contributed by atoms with Crippen LogP contribution in [-0.4, -0.2) is 4.26 Å². The van der Waals surface area contributed by atoms with Crippen molar-refractivity contribution in [3.63, 3.8) is 0 Å². The van der Waals surface area contributed by atoms with Crippen molar-refractivity contribution in [1.29, 1.82) is 0 Å². The first-order chi connectivity index (χ1) is 5.88. The predicted octanol–water partition coefficient (Wildman–Crippen LogP) is 3.57. The molecule has 76 valence electrons. The van der Waals surface area contributed by atoms with Gasteiger partial charge in [0.2, 0.25) is 0 Å². The number of allylic oxidation sites excluding steroid dienone is 8. The Morgan fingerprint density at radius 3 is 1.64 bits per heavy atom. The monoisotopic (exact) mass is 396 g/mol. The zero-order valence-electron chi connectivity index (χ0n) is 7.90. The van der Waals surface area contributed by atoms with Crippen molar-refractivity contribution in [3.8, 4) is 0 Å². The van der Waals surface area contributed by atoms with Gasteiger partial charge in [0, 0.05) is 0 Å². The molecule has 2 aliphatic carbocycles. The van der Waals surface area contributed by atoms with E-state index in [0.29, 0.717) is 0 Å². The molecule has 0 saturated heterocycles. The van der Waals surface area contributed by atoms with Gasteiger partial charge in [-0.15, -0.1) is 24.8 Å². The average Bonchev–Trinajstić information content (AvgIpc) is 2.77. The Morgan fingerprint density at radius 1 is 0.929 bits per heavy atom. The van der Waals surface area contributed by atoms with E-state index in [1.165, 1.54) is 12.8 Å². The van der Waals surface area contributed by atoms with Gasteiger partial charge in [0.1, 0.15) is 0 Å². The first-order valence-electron chi connectivity index (χ1n) is 4.29. The van der Waals surface area contributed by atoms with Crippen LogP contribution in [0, 0.1) is 0 Å². The maximum atomic E-state index is 4.40. The van der Waals surface area contributed by atoms with Crippen LogP contribution in [0.5, 0.6) is 0 Å². The molecule has 0 bridgehead atoms. The van der Waals surface area contributed by atoms with E-state index in [4.69, 9.17) is 0 Å². The Labute approximate surface area is 105 Å². The maximum absolute atomic E-state index is 4.40. The Bertz CT molecular complexity index is 303. The fourth-order valence-electron chi connectivity index (χ4n) is 1.55. The molecule has 0 spiro atoms. The Hall–Kier alpha value is 0.280. The summed E-state index contributed by atoms with van der Waals surface area (Å²) < 4.78 is 7.72. The molecule has 0 amide bonds. The van der Waals surface area contributed by atoms with E-state index in [2.05, 4.69) is 40.7 Å². The minimum atomic E-state index is -1.68. The van der Waals surface area contributed by atoms with Crippen molar-refractivity contribution < 1.29 is 21.0 Å². The molecule has 0 fully saturated rings. The van der Waals surface area contributed by atoms with Crippen molar-refractivity contribution in [3.05, 3.63) is 43.1 Å². The SMILES string of the molecule is Cl.Cl.[CH2]=[Hf]([C]1=CC=CC1)[C]1=CC=CC1. The van der Waals surface area contributed by atoms with Crippen LogP contribution in [0.1, 0.15) is 12.8 Å². The summed E-state index contributed by atoms with van der Waals surface area (Å²) in [5.74, 6) is 0. The van der Waals surface area contributed by atoms with Gasteiger partial charge < -0.3 is 0 Å². The van der Waals surface area contributed by atoms with Crippen molar-refractivity contribution in [2.24, 2.45) is 0 Å². The summed E-state index contributed by atoms with van der Waals surface area (Å²) in [6.07, 6.45) is 15.8. The standard InChI is InChI=1S/2C5H5.CH2.2ClH.Hf/c2*1-2-4-5-3-1;;;;/h2*1-3H,4H2;1H2;2*1H;. The van der Waals surface area contributed by atoms with Crippen molar-refractivity contribution in [2.45, 2.75) is 12.8 Å². The molecule has 0 atom stereocenters. The summed E-state index contributed by atoms with van der Waals surface area (Å²) in [7, 11) is 0. The summed E-state index contributed by atoms with van der Waals surface area (Å²) >= 11 is -1.68. The molecule has 0 aromatic carbocycles. The summed E-state index contributed by atoms with van der Waals surface area (Å²) in [6.45, 7) is 0. The third-order valence-electron chi connectivity index (χ3n) is 2.32. The summed E-state index contributed by atoms with van der Waals surface area (Å²) in [5, 5.41) is 0. The van der Waals surface area contributed by atoms with E-state index in [1.54, 1.807) is 6.66 Å². The van der Waals surface area contributed by atoms with Crippen LogP contribution in [0.2, 0.25) is 0 Å². The zero-order chi connectivity index (χ0) is 8.39. The molecule has 2 rings (SSSR count).